The van der Waals surface area contributed by atoms with Crippen LogP contribution in [0.5, 0.6) is 11.5 Å². The first-order valence-electron chi connectivity index (χ1n) is 14.2. The number of ketones is 1. The molecule has 1 saturated heterocycles. The van der Waals surface area contributed by atoms with Crippen LogP contribution < -0.4 is 9.47 Å². The van der Waals surface area contributed by atoms with E-state index >= 15 is 0 Å². The molecule has 3 aromatic carbocycles. The molecule has 1 atom stereocenters. The fourth-order valence-corrected chi connectivity index (χ4v) is 5.45. The summed E-state index contributed by atoms with van der Waals surface area (Å²) in [6, 6.07) is 24.2. The summed E-state index contributed by atoms with van der Waals surface area (Å²) in [5.41, 5.74) is 5.95. The fourth-order valence-electron chi connectivity index (χ4n) is 5.45. The zero-order chi connectivity index (χ0) is 26.3. The molecule has 3 aromatic rings. The predicted molar refractivity (Wildman–Crippen MR) is 155 cm³/mol. The molecule has 1 fully saturated rings. The van der Waals surface area contributed by atoms with Crippen LogP contribution in [0.25, 0.3) is 11.1 Å². The van der Waals surface area contributed by atoms with Gasteiger partial charge in [-0.2, -0.15) is 0 Å². The predicted octanol–water partition coefficient (Wildman–Crippen LogP) is 7.47. The van der Waals surface area contributed by atoms with Crippen LogP contribution in [-0.4, -0.2) is 43.0 Å². The van der Waals surface area contributed by atoms with E-state index in [1.165, 1.54) is 37.9 Å². The van der Waals surface area contributed by atoms with Gasteiger partial charge in [0.1, 0.15) is 18.1 Å². The molecule has 1 unspecified atom stereocenters. The summed E-state index contributed by atoms with van der Waals surface area (Å²) in [7, 11) is 0. The fraction of sp³-hybridized carbons (Fsp3) is 0.382. The first kappa shape index (κ1) is 26.2. The average Bonchev–Trinajstić information content (AvgIpc) is 2.97. The van der Waals surface area contributed by atoms with Gasteiger partial charge in [0.25, 0.3) is 0 Å². The highest BCUT2D eigenvalue weighted by Gasteiger charge is 2.26. The van der Waals surface area contributed by atoms with Crippen molar-refractivity contribution in [2.45, 2.75) is 58.5 Å². The van der Waals surface area contributed by atoms with Crippen LogP contribution in [0.1, 0.15) is 73.0 Å². The number of hydrogen-bond acceptors (Lipinski definition) is 4. The molecular formula is C34H39NO3. The van der Waals surface area contributed by atoms with Crippen LogP contribution >= 0.6 is 0 Å². The Morgan fingerprint density at radius 3 is 2.32 bits per heavy atom. The Bertz CT molecular complexity index is 1250. The lowest BCUT2D eigenvalue weighted by atomic mass is 9.79. The first-order chi connectivity index (χ1) is 18.6. The van der Waals surface area contributed by atoms with Gasteiger partial charge in [0.2, 0.25) is 0 Å². The lowest BCUT2D eigenvalue weighted by Crippen LogP contribution is -2.33. The minimum atomic E-state index is 0.0620. The van der Waals surface area contributed by atoms with E-state index in [1.54, 1.807) is 0 Å². The molecule has 2 aliphatic rings. The molecule has 5 rings (SSSR count). The number of fused-ring (bicyclic) bond motifs is 1. The third-order valence-corrected chi connectivity index (χ3v) is 7.82. The lowest BCUT2D eigenvalue weighted by molar-refractivity contribution is 0.105. The first-order valence-corrected chi connectivity index (χ1v) is 14.2. The van der Waals surface area contributed by atoms with E-state index in [0.717, 1.165) is 59.6 Å². The van der Waals surface area contributed by atoms with Gasteiger partial charge in [0.05, 0.1) is 6.10 Å². The number of aryl methyl sites for hydroxylation is 1. The topological polar surface area (TPSA) is 38.8 Å². The quantitative estimate of drug-likeness (QED) is 0.266. The highest BCUT2D eigenvalue weighted by Crippen LogP contribution is 2.39. The third-order valence-electron chi connectivity index (χ3n) is 7.82. The van der Waals surface area contributed by atoms with Gasteiger partial charge in [0, 0.05) is 17.7 Å². The number of likely N-dealkylation sites (tertiary alicyclic amines) is 1. The van der Waals surface area contributed by atoms with Crippen molar-refractivity contribution >= 4 is 16.9 Å². The van der Waals surface area contributed by atoms with E-state index in [2.05, 4.69) is 49.1 Å². The van der Waals surface area contributed by atoms with Gasteiger partial charge in [-0.05, 0) is 111 Å². The molecule has 0 aromatic heterocycles. The summed E-state index contributed by atoms with van der Waals surface area (Å²) in [5, 5.41) is 0. The minimum absolute atomic E-state index is 0.0620. The zero-order valence-corrected chi connectivity index (χ0v) is 22.7. The summed E-state index contributed by atoms with van der Waals surface area (Å²) < 4.78 is 12.0. The number of allylic oxidation sites excluding steroid dienone is 2. The molecule has 1 heterocycles. The van der Waals surface area contributed by atoms with Gasteiger partial charge in [-0.15, -0.1) is 0 Å². The number of benzene rings is 3. The second kappa shape index (κ2) is 12.4. The molecule has 0 amide bonds. The van der Waals surface area contributed by atoms with Crippen molar-refractivity contribution in [2.24, 2.45) is 0 Å². The smallest absolute Gasteiger partial charge is 0.193 e. The monoisotopic (exact) mass is 509 g/mol. The Balaban J connectivity index is 1.37. The van der Waals surface area contributed by atoms with E-state index in [4.69, 9.17) is 9.47 Å². The maximum atomic E-state index is 14.0. The van der Waals surface area contributed by atoms with E-state index in [0.29, 0.717) is 12.2 Å². The summed E-state index contributed by atoms with van der Waals surface area (Å²) in [4.78, 5) is 16.5. The van der Waals surface area contributed by atoms with E-state index in [1.807, 2.05) is 42.5 Å². The Hall–Kier alpha value is -3.37. The van der Waals surface area contributed by atoms with Crippen molar-refractivity contribution in [1.29, 1.82) is 0 Å². The summed E-state index contributed by atoms with van der Waals surface area (Å²) in [6.07, 6.45) is 6.81. The van der Waals surface area contributed by atoms with Crippen LogP contribution in [0.3, 0.4) is 0 Å². The Labute approximate surface area is 227 Å². The molecule has 4 heteroatoms. The summed E-state index contributed by atoms with van der Waals surface area (Å²) in [5.74, 6) is 1.74. The highest BCUT2D eigenvalue weighted by atomic mass is 16.5. The summed E-state index contributed by atoms with van der Waals surface area (Å²) in [6.45, 7) is 8.17. The number of nitrogens with zero attached hydrogens (tertiary/aromatic N) is 1. The number of ether oxygens (including phenoxy) is 2. The molecule has 1 aliphatic heterocycles. The van der Waals surface area contributed by atoms with E-state index in [9.17, 15) is 4.79 Å². The lowest BCUT2D eigenvalue weighted by Gasteiger charge is -2.26. The molecule has 4 nitrogen and oxygen atoms in total. The number of piperidine rings is 1. The number of rotatable bonds is 10. The summed E-state index contributed by atoms with van der Waals surface area (Å²) >= 11 is 0. The largest absolute Gasteiger partial charge is 0.492 e. The molecule has 0 bridgehead atoms. The van der Waals surface area contributed by atoms with E-state index in [-0.39, 0.29) is 11.9 Å². The normalized spacial score (nSPS) is 16.6. The van der Waals surface area contributed by atoms with Crippen molar-refractivity contribution in [3.8, 4) is 11.5 Å². The van der Waals surface area contributed by atoms with Gasteiger partial charge in [-0.1, -0.05) is 49.7 Å². The Kier molecular flexibility index (Phi) is 8.60. The Morgan fingerprint density at radius 2 is 1.58 bits per heavy atom. The standard InChI is InChI=1S/C34H39NO3/c1-3-25(2)38-30-18-11-27(12-19-30)32-20-15-26-9-5-6-10-31(26)33(32)34(36)28-13-16-29(17-14-28)37-24-23-35-21-7-4-8-22-35/h5-6,9-14,16-19,25H,3-4,7-8,15,20-24H2,1-2H3. The molecule has 1 aliphatic carbocycles. The van der Waals surface area contributed by atoms with Crippen molar-refractivity contribution < 1.29 is 14.3 Å². The molecular weight excluding hydrogens is 470 g/mol. The SMILES string of the molecule is CCC(C)Oc1ccc(C2=C(C(=O)c3ccc(OCCN4CCCCC4)cc3)c3ccccc3CC2)cc1. The van der Waals surface area contributed by atoms with Gasteiger partial charge in [-0.3, -0.25) is 9.69 Å². The highest BCUT2D eigenvalue weighted by molar-refractivity contribution is 6.35. The average molecular weight is 510 g/mol. The number of hydrogen-bond donors (Lipinski definition) is 0. The second-order valence-corrected chi connectivity index (χ2v) is 10.5. The van der Waals surface area contributed by atoms with Crippen molar-refractivity contribution in [3.05, 3.63) is 95.1 Å². The zero-order valence-electron chi connectivity index (χ0n) is 22.7. The maximum Gasteiger partial charge on any atom is 0.193 e. The van der Waals surface area contributed by atoms with Crippen molar-refractivity contribution in [3.63, 3.8) is 0 Å². The van der Waals surface area contributed by atoms with Crippen LogP contribution in [0.15, 0.2) is 72.8 Å². The third kappa shape index (κ3) is 6.19. The van der Waals surface area contributed by atoms with Crippen LogP contribution in [0, 0.1) is 0 Å². The maximum absolute atomic E-state index is 14.0. The number of carbonyl (C=O) groups is 1. The molecule has 0 radical (unpaired) electrons. The van der Waals surface area contributed by atoms with Crippen molar-refractivity contribution in [1.82, 2.24) is 4.90 Å². The van der Waals surface area contributed by atoms with Crippen LogP contribution in [0.4, 0.5) is 0 Å². The van der Waals surface area contributed by atoms with E-state index < -0.39 is 0 Å². The molecule has 198 valence electrons. The molecule has 0 saturated carbocycles. The van der Waals surface area contributed by atoms with Gasteiger partial charge in [-0.25, -0.2) is 0 Å². The molecule has 38 heavy (non-hydrogen) atoms. The van der Waals surface area contributed by atoms with Gasteiger partial charge >= 0.3 is 0 Å². The number of Topliss-reactive ketones (excluding diaryl/α,β-unsaturated/α-hetero) is 1. The minimum Gasteiger partial charge on any atom is -0.492 e. The van der Waals surface area contributed by atoms with Crippen LogP contribution in [-0.2, 0) is 6.42 Å². The van der Waals surface area contributed by atoms with Gasteiger partial charge in [0.15, 0.2) is 5.78 Å². The van der Waals surface area contributed by atoms with Crippen molar-refractivity contribution in [2.75, 3.05) is 26.2 Å². The number of carbonyl (C=O) groups excluding carboxylic acids is 1. The Morgan fingerprint density at radius 1 is 0.868 bits per heavy atom. The van der Waals surface area contributed by atoms with Gasteiger partial charge < -0.3 is 9.47 Å². The van der Waals surface area contributed by atoms with Crippen LogP contribution in [0.2, 0.25) is 0 Å². The molecule has 0 spiro atoms. The second-order valence-electron chi connectivity index (χ2n) is 10.5. The molecule has 0 N–H and O–H groups in total.